The maximum atomic E-state index is 17.1. The second kappa shape index (κ2) is 9.80. The molecule has 41 heavy (non-hydrogen) atoms. The van der Waals surface area contributed by atoms with Crippen LogP contribution in [0.2, 0.25) is 0 Å². The average molecular weight is 553 g/mol. The molecule has 1 unspecified atom stereocenters. The van der Waals surface area contributed by atoms with Crippen LogP contribution in [-0.2, 0) is 26.7 Å². The number of carbonyl (C=O) groups is 1. The van der Waals surface area contributed by atoms with E-state index in [0.717, 1.165) is 51.8 Å². The van der Waals surface area contributed by atoms with E-state index in [0.29, 0.717) is 24.3 Å². The highest BCUT2D eigenvalue weighted by molar-refractivity contribution is 6.07. The summed E-state index contributed by atoms with van der Waals surface area (Å²) in [6.45, 7) is 5.41. The van der Waals surface area contributed by atoms with Crippen LogP contribution < -0.4 is 0 Å². The van der Waals surface area contributed by atoms with Gasteiger partial charge in [-0.3, -0.25) is 9.78 Å². The summed E-state index contributed by atoms with van der Waals surface area (Å²) in [5, 5.41) is 0.761. The van der Waals surface area contributed by atoms with Crippen LogP contribution in [0.3, 0.4) is 0 Å². The van der Waals surface area contributed by atoms with E-state index in [1.807, 2.05) is 62.0 Å². The molecule has 0 spiro atoms. The summed E-state index contributed by atoms with van der Waals surface area (Å²) in [5.74, 6) is -0.371. The fourth-order valence-corrected chi connectivity index (χ4v) is 6.95. The maximum Gasteiger partial charge on any atom is 0.306 e. The molecule has 210 valence electrons. The number of hydrogen-bond acceptors (Lipinski definition) is 5. The number of cyclic esters (lactones) is 1. The summed E-state index contributed by atoms with van der Waals surface area (Å²) in [6, 6.07) is 16.1. The largest absolute Gasteiger partial charge is 0.465 e. The molecule has 2 saturated heterocycles. The molecule has 5 heterocycles. The summed E-state index contributed by atoms with van der Waals surface area (Å²) in [6.07, 6.45) is 5.56. The van der Waals surface area contributed by atoms with Gasteiger partial charge in [-0.2, -0.15) is 0 Å². The number of rotatable bonds is 5. The van der Waals surface area contributed by atoms with Gasteiger partial charge in [0.15, 0.2) is 5.82 Å². The van der Waals surface area contributed by atoms with Crippen molar-refractivity contribution in [2.24, 2.45) is 13.0 Å². The van der Waals surface area contributed by atoms with E-state index in [1.54, 1.807) is 6.33 Å². The summed E-state index contributed by atoms with van der Waals surface area (Å²) >= 11 is 0. The Morgan fingerprint density at radius 3 is 2.56 bits per heavy atom. The third kappa shape index (κ3) is 4.15. The third-order valence-electron chi connectivity index (χ3n) is 9.00. The highest BCUT2D eigenvalue weighted by atomic mass is 19.1. The quantitative estimate of drug-likeness (QED) is 0.241. The molecule has 0 N–H and O–H groups in total. The molecule has 0 saturated carbocycles. The Labute approximate surface area is 237 Å². The van der Waals surface area contributed by atoms with Crippen LogP contribution >= 0.6 is 0 Å². The van der Waals surface area contributed by atoms with Gasteiger partial charge in [-0.1, -0.05) is 49.4 Å². The van der Waals surface area contributed by atoms with Gasteiger partial charge in [0.2, 0.25) is 0 Å². The van der Waals surface area contributed by atoms with Crippen molar-refractivity contribution in [2.45, 2.75) is 44.6 Å². The number of benzene rings is 2. The maximum absolute atomic E-state index is 17.1. The summed E-state index contributed by atoms with van der Waals surface area (Å²) in [7, 11) is 1.97. The van der Waals surface area contributed by atoms with Gasteiger partial charge in [0.25, 0.3) is 0 Å². The summed E-state index contributed by atoms with van der Waals surface area (Å²) in [5.41, 5.74) is 5.86. The molecule has 3 aromatic heterocycles. The lowest BCUT2D eigenvalue weighted by Gasteiger charge is -2.33. The highest BCUT2D eigenvalue weighted by Crippen LogP contribution is 2.44. The Balaban J connectivity index is 1.57. The molecule has 8 heteroatoms. The van der Waals surface area contributed by atoms with E-state index in [9.17, 15) is 4.79 Å². The normalized spacial score (nSPS) is 20.6. The van der Waals surface area contributed by atoms with Gasteiger partial charge in [0, 0.05) is 42.8 Å². The molecular formula is C33H33FN4O3. The van der Waals surface area contributed by atoms with E-state index in [4.69, 9.17) is 14.5 Å². The minimum atomic E-state index is -0.734. The molecule has 0 bridgehead atoms. The molecule has 5 aromatic rings. The number of pyridine rings is 1. The molecule has 2 aliphatic rings. The highest BCUT2D eigenvalue weighted by Gasteiger charge is 2.41. The minimum absolute atomic E-state index is 0.135. The van der Waals surface area contributed by atoms with Crippen LogP contribution in [-0.4, -0.2) is 44.9 Å². The predicted molar refractivity (Wildman–Crippen MR) is 155 cm³/mol. The summed E-state index contributed by atoms with van der Waals surface area (Å²) < 4.78 is 32.3. The van der Waals surface area contributed by atoms with Crippen LogP contribution in [0.5, 0.6) is 0 Å². The number of esters is 1. The van der Waals surface area contributed by atoms with E-state index in [-0.39, 0.29) is 36.8 Å². The number of aryl methyl sites for hydroxylation is 2. The molecule has 0 radical (unpaired) electrons. The van der Waals surface area contributed by atoms with Gasteiger partial charge in [0.05, 0.1) is 46.7 Å². The predicted octanol–water partition coefficient (Wildman–Crippen LogP) is 6.26. The van der Waals surface area contributed by atoms with Crippen molar-refractivity contribution < 1.29 is 18.7 Å². The van der Waals surface area contributed by atoms with Crippen LogP contribution in [0.25, 0.3) is 33.2 Å². The molecular weight excluding hydrogens is 519 g/mol. The molecule has 2 atom stereocenters. The van der Waals surface area contributed by atoms with Gasteiger partial charge in [0.1, 0.15) is 6.61 Å². The van der Waals surface area contributed by atoms with Crippen molar-refractivity contribution in [1.29, 1.82) is 0 Å². The van der Waals surface area contributed by atoms with Crippen LogP contribution in [0.4, 0.5) is 4.39 Å². The summed E-state index contributed by atoms with van der Waals surface area (Å²) in [4.78, 5) is 21.6. The van der Waals surface area contributed by atoms with Crippen LogP contribution in [0.1, 0.15) is 49.0 Å². The number of halogens is 1. The van der Waals surface area contributed by atoms with E-state index in [2.05, 4.69) is 27.8 Å². The van der Waals surface area contributed by atoms with E-state index >= 15 is 4.39 Å². The Morgan fingerprint density at radius 2 is 1.88 bits per heavy atom. The second-order valence-corrected chi connectivity index (χ2v) is 11.8. The zero-order valence-electron chi connectivity index (χ0n) is 23.6. The van der Waals surface area contributed by atoms with Crippen molar-refractivity contribution in [3.63, 3.8) is 0 Å². The molecule has 0 aliphatic carbocycles. The third-order valence-corrected chi connectivity index (χ3v) is 9.00. The lowest BCUT2D eigenvalue weighted by Crippen LogP contribution is -2.28. The first-order valence-electron chi connectivity index (χ1n) is 14.2. The van der Waals surface area contributed by atoms with Crippen molar-refractivity contribution in [1.82, 2.24) is 19.1 Å². The number of hydrogen-bond donors (Lipinski definition) is 0. The topological polar surface area (TPSA) is 71.2 Å². The van der Waals surface area contributed by atoms with Crippen LogP contribution in [0.15, 0.2) is 61.1 Å². The molecule has 2 aliphatic heterocycles. The van der Waals surface area contributed by atoms with Gasteiger partial charge >= 0.3 is 5.97 Å². The first-order valence-corrected chi connectivity index (χ1v) is 14.2. The first-order chi connectivity index (χ1) is 19.9. The minimum Gasteiger partial charge on any atom is -0.465 e. The lowest BCUT2D eigenvalue weighted by molar-refractivity contribution is -0.137. The number of nitrogens with zero attached hydrogens (tertiary/aromatic N) is 4. The van der Waals surface area contributed by atoms with Crippen molar-refractivity contribution in [3.8, 4) is 11.3 Å². The smallest absolute Gasteiger partial charge is 0.306 e. The number of ether oxygens (including phenoxy) is 2. The van der Waals surface area contributed by atoms with Gasteiger partial charge in [-0.25, -0.2) is 9.37 Å². The lowest BCUT2D eigenvalue weighted by atomic mass is 9.81. The number of fused-ring (bicyclic) bond motifs is 3. The molecule has 2 aromatic carbocycles. The fraction of sp³-hybridized carbons (Fsp3) is 0.364. The average Bonchev–Trinajstić information content (AvgIpc) is 3.62. The van der Waals surface area contributed by atoms with Crippen LogP contribution in [0, 0.1) is 18.7 Å². The molecule has 7 nitrogen and oxygen atoms in total. The Hall–Kier alpha value is -4.04. The number of carbonyl (C=O) groups excluding carboxylic acids is 1. The van der Waals surface area contributed by atoms with E-state index < -0.39 is 5.41 Å². The molecule has 2 fully saturated rings. The number of imidazole rings is 1. The first kappa shape index (κ1) is 25.9. The van der Waals surface area contributed by atoms with Crippen molar-refractivity contribution >= 4 is 27.9 Å². The zero-order valence-corrected chi connectivity index (χ0v) is 23.6. The second-order valence-electron chi connectivity index (χ2n) is 11.8. The standard InChI is InChI=1S/C33H33FN4O3/c1-20-30(37(3)19-36-20)23-15-26-29(35-17-23)24-9-10-25(33(2)16-27(39)41-18-33)28(34)32(24)38(26)31(21-7-5-4-6-8-21)22-11-13-40-14-12-22/h4-10,15,17,19,22,31H,11-14,16,18H2,1-3H3/t31-,33?/m1/s1. The van der Waals surface area contributed by atoms with Gasteiger partial charge in [-0.05, 0) is 42.9 Å². The monoisotopic (exact) mass is 552 g/mol. The van der Waals surface area contributed by atoms with Gasteiger partial charge < -0.3 is 18.6 Å². The molecule has 0 amide bonds. The van der Waals surface area contributed by atoms with Gasteiger partial charge in [-0.15, -0.1) is 0 Å². The Kier molecular flexibility index (Phi) is 6.19. The Morgan fingerprint density at radius 1 is 1.10 bits per heavy atom. The number of aromatic nitrogens is 4. The SMILES string of the molecule is Cc1ncn(C)c1-c1cnc2c3ccc(C4(C)COC(=O)C4)c(F)c3n([C@H](c3ccccc3)C3CCOCC3)c2c1. The van der Waals surface area contributed by atoms with Crippen molar-refractivity contribution in [3.05, 3.63) is 83.7 Å². The van der Waals surface area contributed by atoms with E-state index in [1.165, 1.54) is 0 Å². The molecule has 7 rings (SSSR count). The zero-order chi connectivity index (χ0) is 28.3. The van der Waals surface area contributed by atoms with Crippen molar-refractivity contribution in [2.75, 3.05) is 19.8 Å². The Bertz CT molecular complexity index is 1770. The fourth-order valence-electron chi connectivity index (χ4n) is 6.95.